The lowest BCUT2D eigenvalue weighted by atomic mass is 10.2. The van der Waals surface area contributed by atoms with Gasteiger partial charge in [-0.1, -0.05) is 20.3 Å². The Kier molecular flexibility index (Phi) is 4.48. The van der Waals surface area contributed by atoms with E-state index in [1.54, 1.807) is 11.7 Å². The standard InChI is InChI=1S/C11H20N4O2/c1-5-7-9-10(15(16)17)11(14(4)13-9)12-8(3)6-2/h8,12H,5-7H2,1-4H3. The Labute approximate surface area is 101 Å². The zero-order valence-corrected chi connectivity index (χ0v) is 10.9. The first-order valence-corrected chi connectivity index (χ1v) is 5.98. The van der Waals surface area contributed by atoms with Crippen LogP contribution in [0.15, 0.2) is 0 Å². The van der Waals surface area contributed by atoms with Crippen LogP contribution in [-0.4, -0.2) is 20.7 Å². The van der Waals surface area contributed by atoms with Gasteiger partial charge in [0.2, 0.25) is 5.82 Å². The molecule has 0 saturated heterocycles. The Morgan fingerprint density at radius 1 is 1.53 bits per heavy atom. The molecule has 0 fully saturated rings. The zero-order valence-electron chi connectivity index (χ0n) is 10.9. The normalized spacial score (nSPS) is 12.5. The Morgan fingerprint density at radius 2 is 2.18 bits per heavy atom. The van der Waals surface area contributed by atoms with Crippen LogP contribution in [-0.2, 0) is 13.5 Å². The van der Waals surface area contributed by atoms with E-state index in [1.165, 1.54) is 0 Å². The minimum Gasteiger partial charge on any atom is -0.362 e. The maximum absolute atomic E-state index is 11.1. The second kappa shape index (κ2) is 5.65. The summed E-state index contributed by atoms with van der Waals surface area (Å²) >= 11 is 0. The molecule has 1 atom stereocenters. The molecule has 0 aliphatic rings. The van der Waals surface area contributed by atoms with Gasteiger partial charge >= 0.3 is 5.69 Å². The molecule has 0 aromatic carbocycles. The molecule has 0 spiro atoms. The summed E-state index contributed by atoms with van der Waals surface area (Å²) in [6, 6.07) is 0.193. The fraction of sp³-hybridized carbons (Fsp3) is 0.727. The highest BCUT2D eigenvalue weighted by molar-refractivity contribution is 5.60. The number of hydrogen-bond acceptors (Lipinski definition) is 4. The average molecular weight is 240 g/mol. The molecule has 1 aromatic heterocycles. The highest BCUT2D eigenvalue weighted by Crippen LogP contribution is 2.29. The second-order valence-electron chi connectivity index (χ2n) is 4.23. The van der Waals surface area contributed by atoms with Crippen molar-refractivity contribution in [2.45, 2.75) is 46.1 Å². The van der Waals surface area contributed by atoms with Gasteiger partial charge in [0.05, 0.1) is 4.92 Å². The van der Waals surface area contributed by atoms with Crippen LogP contribution in [0.1, 0.15) is 39.3 Å². The molecule has 1 N–H and O–H groups in total. The number of hydrogen-bond donors (Lipinski definition) is 1. The fourth-order valence-corrected chi connectivity index (χ4v) is 1.66. The van der Waals surface area contributed by atoms with E-state index in [4.69, 9.17) is 0 Å². The third-order valence-electron chi connectivity index (χ3n) is 2.76. The van der Waals surface area contributed by atoms with E-state index in [0.29, 0.717) is 17.9 Å². The maximum atomic E-state index is 11.1. The molecule has 6 heteroatoms. The summed E-state index contributed by atoms with van der Waals surface area (Å²) in [5.41, 5.74) is 0.681. The minimum atomic E-state index is -0.345. The molecule has 0 bridgehead atoms. The number of anilines is 1. The number of aromatic nitrogens is 2. The van der Waals surface area contributed by atoms with Gasteiger partial charge < -0.3 is 5.32 Å². The van der Waals surface area contributed by atoms with Gasteiger partial charge in [-0.15, -0.1) is 0 Å². The number of rotatable bonds is 6. The van der Waals surface area contributed by atoms with E-state index in [9.17, 15) is 10.1 Å². The van der Waals surface area contributed by atoms with Crippen molar-refractivity contribution in [1.29, 1.82) is 0 Å². The summed E-state index contributed by atoms with van der Waals surface area (Å²) in [7, 11) is 1.73. The van der Waals surface area contributed by atoms with Crippen molar-refractivity contribution < 1.29 is 4.92 Å². The van der Waals surface area contributed by atoms with E-state index in [2.05, 4.69) is 10.4 Å². The maximum Gasteiger partial charge on any atom is 0.333 e. The minimum absolute atomic E-state index is 0.120. The molecular formula is C11H20N4O2. The average Bonchev–Trinajstić information content (AvgIpc) is 2.56. The quantitative estimate of drug-likeness (QED) is 0.612. The largest absolute Gasteiger partial charge is 0.362 e. The third-order valence-corrected chi connectivity index (χ3v) is 2.76. The van der Waals surface area contributed by atoms with Crippen LogP contribution in [0.2, 0.25) is 0 Å². The lowest BCUT2D eigenvalue weighted by molar-refractivity contribution is -0.384. The van der Waals surface area contributed by atoms with E-state index >= 15 is 0 Å². The summed E-state index contributed by atoms with van der Waals surface area (Å²) in [6.45, 7) is 6.02. The molecule has 1 heterocycles. The van der Waals surface area contributed by atoms with Crippen molar-refractivity contribution in [2.24, 2.45) is 7.05 Å². The summed E-state index contributed by atoms with van der Waals surface area (Å²) in [6.07, 6.45) is 2.39. The highest BCUT2D eigenvalue weighted by atomic mass is 16.6. The Morgan fingerprint density at radius 3 is 2.65 bits per heavy atom. The molecule has 1 unspecified atom stereocenters. The fourth-order valence-electron chi connectivity index (χ4n) is 1.66. The molecule has 0 amide bonds. The van der Waals surface area contributed by atoms with E-state index in [-0.39, 0.29) is 16.7 Å². The molecule has 0 aliphatic heterocycles. The van der Waals surface area contributed by atoms with Crippen LogP contribution in [0.4, 0.5) is 11.5 Å². The second-order valence-corrected chi connectivity index (χ2v) is 4.23. The number of nitrogens with zero attached hydrogens (tertiary/aromatic N) is 3. The van der Waals surface area contributed by atoms with Gasteiger partial charge in [-0.25, -0.2) is 4.68 Å². The van der Waals surface area contributed by atoms with Crippen LogP contribution in [0.3, 0.4) is 0 Å². The number of nitro groups is 1. The van der Waals surface area contributed by atoms with Gasteiger partial charge in [0, 0.05) is 13.1 Å². The van der Waals surface area contributed by atoms with Crippen LogP contribution in [0, 0.1) is 10.1 Å². The van der Waals surface area contributed by atoms with Crippen molar-refractivity contribution in [2.75, 3.05) is 5.32 Å². The van der Waals surface area contributed by atoms with Crippen molar-refractivity contribution in [1.82, 2.24) is 9.78 Å². The number of nitrogens with one attached hydrogen (secondary N) is 1. The first-order valence-electron chi connectivity index (χ1n) is 5.98. The lowest BCUT2D eigenvalue weighted by Crippen LogP contribution is -2.16. The molecule has 0 saturated carbocycles. The van der Waals surface area contributed by atoms with Gasteiger partial charge in [0.15, 0.2) is 0 Å². The van der Waals surface area contributed by atoms with Gasteiger partial charge in [-0.2, -0.15) is 5.10 Å². The molecule has 96 valence electrons. The van der Waals surface area contributed by atoms with Crippen LogP contribution in [0.5, 0.6) is 0 Å². The Balaban J connectivity index is 3.13. The van der Waals surface area contributed by atoms with Crippen molar-refractivity contribution >= 4 is 11.5 Å². The van der Waals surface area contributed by atoms with Crippen LogP contribution >= 0.6 is 0 Å². The van der Waals surface area contributed by atoms with Gasteiger partial charge in [0.25, 0.3) is 0 Å². The van der Waals surface area contributed by atoms with Crippen LogP contribution < -0.4 is 5.32 Å². The molecule has 0 aliphatic carbocycles. The molecule has 1 rings (SSSR count). The Hall–Kier alpha value is -1.59. The summed E-state index contributed by atoms with van der Waals surface area (Å²) in [4.78, 5) is 10.8. The smallest absolute Gasteiger partial charge is 0.333 e. The highest BCUT2D eigenvalue weighted by Gasteiger charge is 2.26. The zero-order chi connectivity index (χ0) is 13.0. The van der Waals surface area contributed by atoms with Gasteiger partial charge in [-0.3, -0.25) is 10.1 Å². The summed E-state index contributed by atoms with van der Waals surface area (Å²) in [5, 5.41) is 18.5. The topological polar surface area (TPSA) is 73.0 Å². The molecule has 0 radical (unpaired) electrons. The molecule has 6 nitrogen and oxygen atoms in total. The van der Waals surface area contributed by atoms with E-state index in [1.807, 2.05) is 20.8 Å². The predicted molar refractivity (Wildman–Crippen MR) is 67.2 cm³/mol. The van der Waals surface area contributed by atoms with Crippen molar-refractivity contribution in [3.63, 3.8) is 0 Å². The van der Waals surface area contributed by atoms with Crippen molar-refractivity contribution in [3.05, 3.63) is 15.8 Å². The number of aryl methyl sites for hydroxylation is 2. The SMILES string of the molecule is CCCc1nn(C)c(NC(C)CC)c1[N+](=O)[O-]. The van der Waals surface area contributed by atoms with Gasteiger partial charge in [-0.05, 0) is 19.8 Å². The molecule has 1 aromatic rings. The third kappa shape index (κ3) is 2.95. The first kappa shape index (κ1) is 13.5. The molecule has 17 heavy (non-hydrogen) atoms. The lowest BCUT2D eigenvalue weighted by Gasteiger charge is -2.11. The van der Waals surface area contributed by atoms with Crippen molar-refractivity contribution in [3.8, 4) is 0 Å². The van der Waals surface area contributed by atoms with E-state index in [0.717, 1.165) is 12.8 Å². The first-order chi connectivity index (χ1) is 8.01. The van der Waals surface area contributed by atoms with Crippen LogP contribution in [0.25, 0.3) is 0 Å². The monoisotopic (exact) mass is 240 g/mol. The van der Waals surface area contributed by atoms with E-state index < -0.39 is 0 Å². The van der Waals surface area contributed by atoms with Gasteiger partial charge in [0.1, 0.15) is 5.69 Å². The molecular weight excluding hydrogens is 220 g/mol. The Bertz CT molecular complexity index is 400. The summed E-state index contributed by atoms with van der Waals surface area (Å²) in [5.74, 6) is 0.507. The predicted octanol–water partition coefficient (Wildman–Crippen LogP) is 2.49. The summed E-state index contributed by atoms with van der Waals surface area (Å²) < 4.78 is 1.56.